The second-order valence-corrected chi connectivity index (χ2v) is 13.2. The minimum atomic E-state index is -0.703. The highest BCUT2D eigenvalue weighted by Crippen LogP contribution is 2.35. The third kappa shape index (κ3) is 8.90. The maximum absolute atomic E-state index is 13.5. The number of thiazole rings is 1. The first-order valence-corrected chi connectivity index (χ1v) is 16.2. The highest BCUT2D eigenvalue weighted by Gasteiger charge is 2.33. The third-order valence-corrected chi connectivity index (χ3v) is 9.23. The van der Waals surface area contributed by atoms with Crippen molar-refractivity contribution < 1.29 is 28.7 Å². The molecule has 44 heavy (non-hydrogen) atoms. The average molecular weight is 625 g/mol. The fourth-order valence-electron chi connectivity index (χ4n) is 5.63. The molecule has 0 radical (unpaired) electrons. The van der Waals surface area contributed by atoms with Gasteiger partial charge in [-0.1, -0.05) is 26.8 Å². The van der Waals surface area contributed by atoms with Gasteiger partial charge in [0.25, 0.3) is 5.91 Å². The van der Waals surface area contributed by atoms with Crippen molar-refractivity contribution in [2.75, 3.05) is 14.2 Å². The van der Waals surface area contributed by atoms with E-state index in [1.54, 1.807) is 17.2 Å². The Balaban J connectivity index is 1.50. The van der Waals surface area contributed by atoms with Crippen molar-refractivity contribution in [1.82, 2.24) is 20.2 Å². The summed E-state index contributed by atoms with van der Waals surface area (Å²) < 4.78 is 10.6. The maximum Gasteiger partial charge on any atom is 0.308 e. The Morgan fingerprint density at radius 2 is 1.89 bits per heavy atom. The van der Waals surface area contributed by atoms with Crippen LogP contribution in [-0.2, 0) is 30.3 Å². The van der Waals surface area contributed by atoms with E-state index in [2.05, 4.69) is 21.4 Å². The second-order valence-electron chi connectivity index (χ2n) is 12.3. The monoisotopic (exact) mass is 624 g/mol. The molecule has 1 aromatic carbocycles. The van der Waals surface area contributed by atoms with Crippen LogP contribution in [0.25, 0.3) is 10.9 Å². The molecule has 0 spiro atoms. The van der Waals surface area contributed by atoms with Crippen LogP contribution in [0, 0.1) is 17.8 Å². The summed E-state index contributed by atoms with van der Waals surface area (Å²) in [6, 6.07) is 7.52. The molecule has 0 bridgehead atoms. The molecule has 3 aromatic rings. The zero-order chi connectivity index (χ0) is 32.0. The Morgan fingerprint density at radius 1 is 1.14 bits per heavy atom. The lowest BCUT2D eigenvalue weighted by molar-refractivity contribution is -0.148. The van der Waals surface area contributed by atoms with E-state index in [4.69, 9.17) is 9.47 Å². The van der Waals surface area contributed by atoms with Gasteiger partial charge in [0.2, 0.25) is 5.91 Å². The van der Waals surface area contributed by atoms with E-state index in [0.29, 0.717) is 36.6 Å². The lowest BCUT2D eigenvalue weighted by Gasteiger charge is -2.33. The Kier molecular flexibility index (Phi) is 11.2. The van der Waals surface area contributed by atoms with Crippen LogP contribution in [0.4, 0.5) is 0 Å². The molecule has 2 heterocycles. The van der Waals surface area contributed by atoms with Gasteiger partial charge in [-0.25, -0.2) is 4.98 Å². The van der Waals surface area contributed by atoms with Crippen molar-refractivity contribution in [3.63, 3.8) is 0 Å². The molecule has 4 unspecified atom stereocenters. The first-order valence-electron chi connectivity index (χ1n) is 15.3. The molecule has 2 N–H and O–H groups in total. The SMILES string of the molecule is COC(=O)C(C)CC(Cc1ccc2[nH]ccc2c1)NC(=O)c1csc(C(CC(C(C)C)N(C)C(=O)CC2CC2)OC(C)=O)n1. The molecule has 4 rings (SSSR count). The van der Waals surface area contributed by atoms with Crippen LogP contribution in [0.2, 0.25) is 0 Å². The molecule has 1 fully saturated rings. The fraction of sp³-hybridized carbons (Fsp3) is 0.545. The summed E-state index contributed by atoms with van der Waals surface area (Å²) in [7, 11) is 3.16. The van der Waals surface area contributed by atoms with Gasteiger partial charge in [-0.2, -0.15) is 0 Å². The van der Waals surface area contributed by atoms with Gasteiger partial charge < -0.3 is 24.7 Å². The number of esters is 2. The molecule has 2 aromatic heterocycles. The zero-order valence-corrected chi connectivity index (χ0v) is 27.2. The van der Waals surface area contributed by atoms with Gasteiger partial charge in [-0.3, -0.25) is 19.2 Å². The van der Waals surface area contributed by atoms with Gasteiger partial charge in [0.05, 0.1) is 13.0 Å². The summed E-state index contributed by atoms with van der Waals surface area (Å²) >= 11 is 1.25. The number of H-pyrrole nitrogens is 1. The van der Waals surface area contributed by atoms with E-state index in [9.17, 15) is 19.2 Å². The Bertz CT molecular complexity index is 1460. The molecule has 0 saturated heterocycles. The molecule has 2 amide bonds. The molecule has 0 aliphatic heterocycles. The summed E-state index contributed by atoms with van der Waals surface area (Å²) in [6.45, 7) is 7.21. The highest BCUT2D eigenvalue weighted by atomic mass is 32.1. The summed E-state index contributed by atoms with van der Waals surface area (Å²) in [4.78, 5) is 60.3. The molecule has 1 saturated carbocycles. The van der Waals surface area contributed by atoms with Crippen LogP contribution in [-0.4, -0.2) is 64.9 Å². The molecule has 11 heteroatoms. The molecular weight excluding hydrogens is 580 g/mol. The van der Waals surface area contributed by atoms with E-state index in [-0.39, 0.29) is 41.5 Å². The Morgan fingerprint density at radius 3 is 2.55 bits per heavy atom. The molecular formula is C33H44N4O6S. The molecule has 238 valence electrons. The number of ether oxygens (including phenoxy) is 2. The van der Waals surface area contributed by atoms with E-state index >= 15 is 0 Å². The molecule has 1 aliphatic rings. The first kappa shape index (κ1) is 33.2. The number of nitrogens with zero attached hydrogens (tertiary/aromatic N) is 2. The van der Waals surface area contributed by atoms with Crippen molar-refractivity contribution in [3.8, 4) is 0 Å². The number of amides is 2. The quantitative estimate of drug-likeness (QED) is 0.215. The number of hydrogen-bond acceptors (Lipinski definition) is 8. The summed E-state index contributed by atoms with van der Waals surface area (Å²) in [5.74, 6) is -0.920. The number of fused-ring (bicyclic) bond motifs is 1. The van der Waals surface area contributed by atoms with Crippen LogP contribution in [0.15, 0.2) is 35.8 Å². The average Bonchev–Trinajstić information content (AvgIpc) is 3.44. The Labute approximate surface area is 262 Å². The van der Waals surface area contributed by atoms with Gasteiger partial charge in [0.1, 0.15) is 10.7 Å². The zero-order valence-electron chi connectivity index (χ0n) is 26.4. The predicted octanol–water partition coefficient (Wildman–Crippen LogP) is 5.44. The van der Waals surface area contributed by atoms with Crippen molar-refractivity contribution in [1.29, 1.82) is 0 Å². The van der Waals surface area contributed by atoms with E-state index in [0.717, 1.165) is 29.3 Å². The van der Waals surface area contributed by atoms with E-state index < -0.39 is 18.0 Å². The molecule has 10 nitrogen and oxygen atoms in total. The minimum Gasteiger partial charge on any atom is -0.469 e. The van der Waals surface area contributed by atoms with Crippen LogP contribution >= 0.6 is 11.3 Å². The number of methoxy groups -OCH3 is 1. The standard InChI is InChI=1S/C33H44N4O6S/c1-19(2)28(37(5)30(39)16-22-7-8-22)17-29(43-21(4)38)32-36-27(18-44-32)31(40)35-25(13-20(3)33(41)42-6)15-23-9-10-26-24(14-23)11-12-34-26/h9-12,14,18-20,22,25,28-29,34H,7-8,13,15-17H2,1-6H3,(H,35,40). The molecule has 4 atom stereocenters. The van der Waals surface area contributed by atoms with Gasteiger partial charge in [0, 0.05) is 56.0 Å². The second kappa shape index (κ2) is 14.8. The summed E-state index contributed by atoms with van der Waals surface area (Å²) in [6.07, 6.45) is 5.17. The van der Waals surface area contributed by atoms with Crippen LogP contribution in [0.5, 0.6) is 0 Å². The van der Waals surface area contributed by atoms with Crippen LogP contribution in [0.3, 0.4) is 0 Å². The number of benzene rings is 1. The largest absolute Gasteiger partial charge is 0.469 e. The number of rotatable bonds is 15. The lowest BCUT2D eigenvalue weighted by atomic mass is 9.95. The fourth-order valence-corrected chi connectivity index (χ4v) is 6.46. The normalized spacial score (nSPS) is 15.8. The maximum atomic E-state index is 13.5. The summed E-state index contributed by atoms with van der Waals surface area (Å²) in [5, 5.41) is 6.29. The van der Waals surface area contributed by atoms with Crippen molar-refractivity contribution >= 4 is 46.0 Å². The number of aromatic amines is 1. The number of nitrogens with one attached hydrogen (secondary N) is 2. The van der Waals surface area contributed by atoms with Crippen LogP contribution in [0.1, 0.15) is 87.0 Å². The smallest absolute Gasteiger partial charge is 0.308 e. The predicted molar refractivity (Wildman–Crippen MR) is 169 cm³/mol. The van der Waals surface area contributed by atoms with Crippen molar-refractivity contribution in [2.45, 2.75) is 84.4 Å². The number of aromatic nitrogens is 2. The topological polar surface area (TPSA) is 131 Å². The van der Waals surface area contributed by atoms with Gasteiger partial charge in [0.15, 0.2) is 6.10 Å². The first-order chi connectivity index (χ1) is 20.9. The van der Waals surface area contributed by atoms with E-state index in [1.165, 1.54) is 25.4 Å². The van der Waals surface area contributed by atoms with Gasteiger partial charge in [-0.15, -0.1) is 11.3 Å². The third-order valence-electron chi connectivity index (χ3n) is 8.29. The van der Waals surface area contributed by atoms with E-state index in [1.807, 2.05) is 45.3 Å². The van der Waals surface area contributed by atoms with Gasteiger partial charge in [-0.05, 0) is 66.7 Å². The van der Waals surface area contributed by atoms with Crippen molar-refractivity contribution in [3.05, 3.63) is 52.1 Å². The number of carbonyl (C=O) groups excluding carboxylic acids is 4. The lowest BCUT2D eigenvalue weighted by Crippen LogP contribution is -2.42. The minimum absolute atomic E-state index is 0.0925. The highest BCUT2D eigenvalue weighted by molar-refractivity contribution is 7.09. The van der Waals surface area contributed by atoms with Crippen molar-refractivity contribution in [2.24, 2.45) is 17.8 Å². The van der Waals surface area contributed by atoms with Crippen LogP contribution < -0.4 is 5.32 Å². The molecule has 1 aliphatic carbocycles. The number of hydrogen-bond donors (Lipinski definition) is 2. The summed E-state index contributed by atoms with van der Waals surface area (Å²) in [5.41, 5.74) is 2.25. The number of carbonyl (C=O) groups is 4. The van der Waals surface area contributed by atoms with Gasteiger partial charge >= 0.3 is 11.9 Å². The Hall–Kier alpha value is -3.73.